The van der Waals surface area contributed by atoms with Gasteiger partial charge in [-0.25, -0.2) is 0 Å². The maximum absolute atomic E-state index is 14.8. The summed E-state index contributed by atoms with van der Waals surface area (Å²) in [6.45, 7) is 9.45. The number of aliphatic hydroxyl groups excluding tert-OH is 2. The molecule has 0 aliphatic carbocycles. The Balaban J connectivity index is 1.34. The standard InChI is InChI=1S/C70H95ClN14O18S/c1-36(2)55-70(103)85-29-17-23-52(85)64(97)80-57(41(7)87)66(99)81-56(40(6)86)65(98)77-49(31-43-20-14-11-15-21-43)69(102)83(9)39(5)60(93)76-48(32-44-24-26-45(71)27-25-44)68(101)82(8)38(4)59(92)75-47(33-54(89)90)61(94)73-37(3)67(100)84-28-16-22-51(84)63(96)78-50(58(72)91)34-104-35-53(88)74-46(62(95)79-55)30-42-18-12-10-13-19-42/h10-15,18-21,24-27,36-41,46-52,55-57,86-87H,16-17,22-23,28-35H2,1-9H3,(H2,72,91)(H,73,94)(H,74,88)(H,75,92)(H,76,93)(H,77,98)(H,78,96)(H,79,95)(H,80,97)(H,81,99)(H,89,90)/t37-,38-,39-,40+,41+,46-,47?,48-,49-,50-,51-,52-,55?,56-,57-/m0/s1. The molecule has 0 saturated carbocycles. The Kier molecular flexibility index (Phi) is 31.0. The molecule has 3 aromatic rings. The van der Waals surface area contributed by atoms with Crippen LogP contribution in [0.15, 0.2) is 84.9 Å². The van der Waals surface area contributed by atoms with E-state index in [1.54, 1.807) is 86.6 Å². The lowest BCUT2D eigenvalue weighted by atomic mass is 10.00. The van der Waals surface area contributed by atoms with Gasteiger partial charge in [-0.2, -0.15) is 0 Å². The van der Waals surface area contributed by atoms with Gasteiger partial charge in [-0.05, 0) is 95.0 Å². The topological polar surface area (TPSA) is 464 Å². The second kappa shape index (κ2) is 38.7. The summed E-state index contributed by atoms with van der Waals surface area (Å²) < 4.78 is 0. The summed E-state index contributed by atoms with van der Waals surface area (Å²) in [6, 6.07) is 3.49. The zero-order chi connectivity index (χ0) is 77.0. The highest BCUT2D eigenvalue weighted by molar-refractivity contribution is 8.00. The van der Waals surface area contributed by atoms with Gasteiger partial charge >= 0.3 is 5.97 Å². The Hall–Kier alpha value is -9.73. The fourth-order valence-corrected chi connectivity index (χ4v) is 13.1. The molecular weight excluding hydrogens is 1390 g/mol. The van der Waals surface area contributed by atoms with E-state index in [0.29, 0.717) is 21.7 Å². The molecule has 3 heterocycles. The van der Waals surface area contributed by atoms with Crippen LogP contribution >= 0.6 is 23.4 Å². The van der Waals surface area contributed by atoms with E-state index in [4.69, 9.17) is 17.3 Å². The third kappa shape index (κ3) is 23.1. The number of amides is 14. The number of benzene rings is 3. The van der Waals surface area contributed by atoms with Gasteiger partial charge in [0, 0.05) is 57.2 Å². The predicted molar refractivity (Wildman–Crippen MR) is 379 cm³/mol. The smallest absolute Gasteiger partial charge is 0.305 e. The molecule has 3 fully saturated rings. The van der Waals surface area contributed by atoms with Crippen molar-refractivity contribution in [2.75, 3.05) is 38.7 Å². The van der Waals surface area contributed by atoms with Crippen molar-refractivity contribution >= 4 is 112 Å². The molecule has 0 radical (unpaired) electrons. The van der Waals surface area contributed by atoms with Crippen molar-refractivity contribution in [3.8, 4) is 0 Å². The minimum atomic E-state index is -1.88. The maximum Gasteiger partial charge on any atom is 0.305 e. The zero-order valence-corrected chi connectivity index (χ0v) is 61.0. The number of nitrogens with zero attached hydrogens (tertiary/aromatic N) is 4. The number of carbonyl (C=O) groups is 15. The number of aliphatic hydroxyl groups is 2. The number of hydrogen-bond acceptors (Lipinski definition) is 18. The van der Waals surface area contributed by atoms with Gasteiger partial charge in [0.1, 0.15) is 78.5 Å². The highest BCUT2D eigenvalue weighted by atomic mass is 35.5. The van der Waals surface area contributed by atoms with Crippen LogP contribution in [0.25, 0.3) is 0 Å². The number of carboxylic acids is 1. The number of carbonyl (C=O) groups excluding carboxylic acids is 14. The van der Waals surface area contributed by atoms with Crippen molar-refractivity contribution in [1.29, 1.82) is 0 Å². The number of primary amides is 1. The molecule has 32 nitrogen and oxygen atoms in total. The fourth-order valence-electron chi connectivity index (χ4n) is 12.1. The Morgan fingerprint density at radius 2 is 0.913 bits per heavy atom. The summed E-state index contributed by atoms with van der Waals surface area (Å²) in [5.74, 6) is -15.8. The number of thioether (sulfide) groups is 1. The Labute approximate surface area is 611 Å². The average Bonchev–Trinajstić information content (AvgIpc) is 1.53. The van der Waals surface area contributed by atoms with Crippen LogP contribution < -0.4 is 53.6 Å². The van der Waals surface area contributed by atoms with Crippen molar-refractivity contribution in [3.05, 3.63) is 107 Å². The molecule has 0 spiro atoms. The number of fused-ring (bicyclic) bond motifs is 2. The number of halogens is 1. The van der Waals surface area contributed by atoms with Crippen molar-refractivity contribution in [3.63, 3.8) is 0 Å². The third-order valence-electron chi connectivity index (χ3n) is 18.4. The zero-order valence-electron chi connectivity index (χ0n) is 59.4. The lowest BCUT2D eigenvalue weighted by Crippen LogP contribution is -2.63. The van der Waals surface area contributed by atoms with Crippen LogP contribution in [-0.2, 0) is 91.2 Å². The molecule has 15 atom stereocenters. The number of likely N-dealkylation sites (N-methyl/N-ethyl adjacent to an activating group) is 2. The van der Waals surface area contributed by atoms with Crippen molar-refractivity contribution in [1.82, 2.24) is 67.5 Å². The summed E-state index contributed by atoms with van der Waals surface area (Å²) in [7, 11) is 2.44. The first-order valence-corrected chi connectivity index (χ1v) is 35.8. The summed E-state index contributed by atoms with van der Waals surface area (Å²) in [5, 5.41) is 55.3. The molecule has 2 unspecified atom stereocenters. The van der Waals surface area contributed by atoms with Gasteiger partial charge in [-0.15, -0.1) is 11.8 Å². The van der Waals surface area contributed by atoms with E-state index in [9.17, 15) is 87.2 Å². The maximum atomic E-state index is 14.8. The first-order chi connectivity index (χ1) is 49.1. The van der Waals surface area contributed by atoms with Crippen LogP contribution in [0.5, 0.6) is 0 Å². The van der Waals surface area contributed by atoms with Gasteiger partial charge in [0.25, 0.3) is 0 Å². The molecule has 104 heavy (non-hydrogen) atoms. The van der Waals surface area contributed by atoms with E-state index in [1.165, 1.54) is 58.8 Å². The van der Waals surface area contributed by atoms with Crippen LogP contribution in [0.2, 0.25) is 5.02 Å². The number of hydrogen-bond donors (Lipinski definition) is 13. The monoisotopic (exact) mass is 1490 g/mol. The second-order valence-electron chi connectivity index (χ2n) is 26.6. The molecule has 34 heteroatoms. The average molecular weight is 1490 g/mol. The first kappa shape index (κ1) is 83.2. The third-order valence-corrected chi connectivity index (χ3v) is 19.7. The highest BCUT2D eigenvalue weighted by Crippen LogP contribution is 2.24. The number of rotatable bonds is 12. The second-order valence-corrected chi connectivity index (χ2v) is 28.1. The van der Waals surface area contributed by atoms with Crippen molar-refractivity contribution in [2.45, 2.75) is 191 Å². The van der Waals surface area contributed by atoms with Crippen LogP contribution in [0.4, 0.5) is 0 Å². The fraction of sp³-hybridized carbons (Fsp3) is 0.529. The molecule has 566 valence electrons. The molecule has 0 bridgehead atoms. The highest BCUT2D eigenvalue weighted by Gasteiger charge is 2.44. The van der Waals surface area contributed by atoms with E-state index in [-0.39, 0.29) is 63.8 Å². The molecule has 3 saturated heterocycles. The van der Waals surface area contributed by atoms with E-state index in [1.807, 2.05) is 0 Å². The molecule has 6 rings (SSSR count). The molecule has 3 aliphatic rings. The molecule has 14 N–H and O–H groups in total. The van der Waals surface area contributed by atoms with E-state index in [0.717, 1.165) is 33.4 Å². The van der Waals surface area contributed by atoms with Gasteiger partial charge in [-0.3, -0.25) is 71.9 Å². The van der Waals surface area contributed by atoms with Crippen LogP contribution in [-0.4, -0.2) is 253 Å². The SMILES string of the molecule is CC(C)C1NC(=O)[C@H](Cc2ccccc2)NC(=O)CSC[C@@H](C(N)=O)NC(=O)[C@@H]2CCCN2C(=O)[C@H](C)NC(=O)C(CC(=O)O)NC(=O)[C@H](C)N(C)C(=O)[C@H](Cc2ccc(Cl)cc2)NC(=O)[C@H](C)N(C)C(=O)[C@H](Cc2ccccc2)NC(=O)[C@H]([C@@H](C)O)NC(=O)[C@H]([C@@H](C)O)NC(=O)[C@@H]2CCCN2C1=O. The number of nitrogens with two attached hydrogens (primary N) is 1. The number of aliphatic carboxylic acids is 1. The van der Waals surface area contributed by atoms with E-state index in [2.05, 4.69) is 47.9 Å². The first-order valence-electron chi connectivity index (χ1n) is 34.2. The van der Waals surface area contributed by atoms with E-state index >= 15 is 0 Å². The predicted octanol–water partition coefficient (Wildman–Crippen LogP) is -2.45. The Bertz CT molecular complexity index is 3610. The molecule has 14 amide bonds. The largest absolute Gasteiger partial charge is 0.481 e. The minimum Gasteiger partial charge on any atom is -0.481 e. The van der Waals surface area contributed by atoms with Gasteiger partial charge < -0.3 is 88.5 Å². The Morgan fingerprint density at radius 1 is 0.500 bits per heavy atom. The van der Waals surface area contributed by atoms with Gasteiger partial charge in [-0.1, -0.05) is 98.2 Å². The Morgan fingerprint density at radius 3 is 1.38 bits per heavy atom. The number of carboxylic acid groups (broad SMARTS) is 1. The summed E-state index contributed by atoms with van der Waals surface area (Å²) in [5.41, 5.74) is 7.31. The van der Waals surface area contributed by atoms with Gasteiger partial charge in [0.15, 0.2) is 0 Å². The summed E-state index contributed by atoms with van der Waals surface area (Å²) in [6.07, 6.45) is -4.22. The van der Waals surface area contributed by atoms with Crippen molar-refractivity contribution < 1.29 is 87.2 Å². The van der Waals surface area contributed by atoms with E-state index < -0.39 is 198 Å². The van der Waals surface area contributed by atoms with Gasteiger partial charge in [0.2, 0.25) is 82.7 Å². The molecular formula is C70H95ClN14O18S. The van der Waals surface area contributed by atoms with Crippen LogP contribution in [0, 0.1) is 5.92 Å². The quantitative estimate of drug-likeness (QED) is 0.0895. The lowest BCUT2D eigenvalue weighted by molar-refractivity contribution is -0.145. The molecule has 3 aliphatic heterocycles. The number of nitrogens with one attached hydrogen (secondary N) is 9. The normalized spacial score (nSPS) is 27.4. The van der Waals surface area contributed by atoms with Gasteiger partial charge in [0.05, 0.1) is 24.4 Å². The summed E-state index contributed by atoms with van der Waals surface area (Å²) >= 11 is 7.05. The molecule has 0 aromatic heterocycles. The summed E-state index contributed by atoms with van der Waals surface area (Å²) in [4.78, 5) is 215. The minimum absolute atomic E-state index is 0.000635. The van der Waals surface area contributed by atoms with Crippen LogP contribution in [0.3, 0.4) is 0 Å². The van der Waals surface area contributed by atoms with Crippen molar-refractivity contribution in [2.24, 2.45) is 11.7 Å². The van der Waals surface area contributed by atoms with Crippen LogP contribution in [0.1, 0.15) is 97.3 Å². The lowest BCUT2D eigenvalue weighted by Gasteiger charge is -2.33. The molecule has 3 aromatic carbocycles.